The summed E-state index contributed by atoms with van der Waals surface area (Å²) >= 11 is 0. The highest BCUT2D eigenvalue weighted by atomic mass is 16.7. The predicted octanol–water partition coefficient (Wildman–Crippen LogP) is 2.65. The summed E-state index contributed by atoms with van der Waals surface area (Å²) in [5.41, 5.74) is 1.15. The summed E-state index contributed by atoms with van der Waals surface area (Å²) in [6.07, 6.45) is 6.10. The topological polar surface area (TPSA) is 51.2 Å². The number of rotatable bonds is 5. The standard InChI is InChI=1S/C21H28N2O4/c1-25-18-7-15(8-19-20(18)27-13-26-19)9-22-11-16-5-6-17(12-22)23(21(16)24)10-14-3-2-4-14/h7-8,14,16-17H,2-6,9-13H2,1H3/t16-,17+/m0/s1. The molecule has 4 aliphatic heterocycles. The van der Waals surface area contributed by atoms with Gasteiger partial charge < -0.3 is 19.1 Å². The van der Waals surface area contributed by atoms with E-state index in [0.717, 1.165) is 62.0 Å². The molecule has 0 N–H and O–H groups in total. The van der Waals surface area contributed by atoms with Crippen molar-refractivity contribution >= 4 is 5.91 Å². The van der Waals surface area contributed by atoms with Crippen LogP contribution in [0.5, 0.6) is 17.2 Å². The van der Waals surface area contributed by atoms with E-state index in [9.17, 15) is 4.79 Å². The number of piperidine rings is 1. The number of fused-ring (bicyclic) bond motifs is 5. The van der Waals surface area contributed by atoms with E-state index in [1.165, 1.54) is 19.3 Å². The summed E-state index contributed by atoms with van der Waals surface area (Å²) in [5.74, 6) is 3.45. The minimum absolute atomic E-state index is 0.153. The van der Waals surface area contributed by atoms with Crippen molar-refractivity contribution in [1.29, 1.82) is 0 Å². The Morgan fingerprint density at radius 1 is 1.15 bits per heavy atom. The maximum absolute atomic E-state index is 13.0. The van der Waals surface area contributed by atoms with Crippen molar-refractivity contribution in [2.45, 2.75) is 44.7 Å². The number of methoxy groups -OCH3 is 1. The van der Waals surface area contributed by atoms with Gasteiger partial charge in [0.25, 0.3) is 0 Å². The summed E-state index contributed by atoms with van der Waals surface area (Å²) in [7, 11) is 1.66. The van der Waals surface area contributed by atoms with Crippen LogP contribution in [0, 0.1) is 11.8 Å². The lowest BCUT2D eigenvalue weighted by Gasteiger charge is -2.40. The first-order valence-electron chi connectivity index (χ1n) is 10.2. The van der Waals surface area contributed by atoms with Gasteiger partial charge in [-0.05, 0) is 49.3 Å². The monoisotopic (exact) mass is 372 g/mol. The van der Waals surface area contributed by atoms with Crippen LogP contribution >= 0.6 is 0 Å². The van der Waals surface area contributed by atoms with E-state index >= 15 is 0 Å². The minimum Gasteiger partial charge on any atom is -0.493 e. The number of carbonyl (C=O) groups is 1. The van der Waals surface area contributed by atoms with Gasteiger partial charge in [-0.3, -0.25) is 9.69 Å². The Morgan fingerprint density at radius 3 is 2.81 bits per heavy atom. The number of benzene rings is 1. The van der Waals surface area contributed by atoms with E-state index in [1.807, 2.05) is 12.1 Å². The molecule has 5 aliphatic rings. The molecule has 146 valence electrons. The lowest BCUT2D eigenvalue weighted by Crippen LogP contribution is -2.50. The maximum Gasteiger partial charge on any atom is 0.231 e. The third-order valence-electron chi connectivity index (χ3n) is 6.67. The molecular formula is C21H28N2O4. The van der Waals surface area contributed by atoms with Crippen molar-refractivity contribution in [1.82, 2.24) is 9.80 Å². The van der Waals surface area contributed by atoms with Gasteiger partial charge in [0.1, 0.15) is 0 Å². The molecule has 1 aliphatic carbocycles. The number of ether oxygens (including phenoxy) is 3. The average molecular weight is 372 g/mol. The van der Waals surface area contributed by atoms with Crippen LogP contribution in [0.25, 0.3) is 0 Å². The van der Waals surface area contributed by atoms with Crippen molar-refractivity contribution in [2.75, 3.05) is 33.5 Å². The van der Waals surface area contributed by atoms with Crippen LogP contribution in [-0.4, -0.2) is 55.3 Å². The number of carbonyl (C=O) groups excluding carboxylic acids is 1. The Balaban J connectivity index is 1.33. The Labute approximate surface area is 160 Å². The second-order valence-electron chi connectivity index (χ2n) is 8.44. The molecule has 4 fully saturated rings. The second-order valence-corrected chi connectivity index (χ2v) is 8.44. The molecule has 0 aromatic heterocycles. The summed E-state index contributed by atoms with van der Waals surface area (Å²) in [4.78, 5) is 17.6. The zero-order valence-corrected chi connectivity index (χ0v) is 16.0. The third kappa shape index (κ3) is 3.14. The van der Waals surface area contributed by atoms with Gasteiger partial charge in [-0.2, -0.15) is 0 Å². The lowest BCUT2D eigenvalue weighted by atomic mass is 9.83. The first kappa shape index (κ1) is 17.2. The first-order valence-corrected chi connectivity index (χ1v) is 10.2. The summed E-state index contributed by atoms with van der Waals surface area (Å²) < 4.78 is 16.5. The first-order chi connectivity index (χ1) is 13.2. The number of hydrogen-bond donors (Lipinski definition) is 0. The van der Waals surface area contributed by atoms with E-state index in [2.05, 4.69) is 9.80 Å². The van der Waals surface area contributed by atoms with Crippen molar-refractivity contribution in [2.24, 2.45) is 11.8 Å². The maximum atomic E-state index is 13.0. The van der Waals surface area contributed by atoms with Gasteiger partial charge in [0.2, 0.25) is 18.4 Å². The van der Waals surface area contributed by atoms with Crippen LogP contribution in [0.1, 0.15) is 37.7 Å². The van der Waals surface area contributed by atoms with Crippen molar-refractivity contribution in [3.05, 3.63) is 17.7 Å². The Hall–Kier alpha value is -1.95. The smallest absolute Gasteiger partial charge is 0.231 e. The highest BCUT2D eigenvalue weighted by Crippen LogP contribution is 2.42. The quantitative estimate of drug-likeness (QED) is 0.795. The molecule has 2 atom stereocenters. The zero-order valence-electron chi connectivity index (χ0n) is 16.0. The van der Waals surface area contributed by atoms with Gasteiger partial charge in [0, 0.05) is 32.2 Å². The molecule has 27 heavy (non-hydrogen) atoms. The fourth-order valence-electron chi connectivity index (χ4n) is 4.99. The second kappa shape index (κ2) is 6.89. The molecule has 0 unspecified atom stereocenters. The van der Waals surface area contributed by atoms with E-state index in [-0.39, 0.29) is 12.7 Å². The molecule has 1 aromatic rings. The normalized spacial score (nSPS) is 27.6. The predicted molar refractivity (Wildman–Crippen MR) is 100.0 cm³/mol. The van der Waals surface area contributed by atoms with Crippen LogP contribution < -0.4 is 14.2 Å². The van der Waals surface area contributed by atoms with Gasteiger partial charge in [-0.25, -0.2) is 0 Å². The summed E-state index contributed by atoms with van der Waals surface area (Å²) in [6.45, 7) is 3.85. The van der Waals surface area contributed by atoms with Gasteiger partial charge >= 0.3 is 0 Å². The molecule has 0 radical (unpaired) electrons. The Morgan fingerprint density at radius 2 is 2.04 bits per heavy atom. The molecule has 1 saturated carbocycles. The van der Waals surface area contributed by atoms with Crippen LogP contribution in [-0.2, 0) is 11.3 Å². The Kier molecular flexibility index (Phi) is 4.38. The molecule has 2 bridgehead atoms. The highest BCUT2D eigenvalue weighted by Gasteiger charge is 2.41. The van der Waals surface area contributed by atoms with Crippen LogP contribution in [0.3, 0.4) is 0 Å². The molecule has 4 heterocycles. The minimum atomic E-state index is 0.153. The Bertz CT molecular complexity index is 733. The van der Waals surface area contributed by atoms with E-state index in [1.54, 1.807) is 7.11 Å². The van der Waals surface area contributed by atoms with E-state index in [4.69, 9.17) is 14.2 Å². The average Bonchev–Trinajstić information content (AvgIpc) is 2.95. The molecule has 0 spiro atoms. The molecule has 1 aromatic carbocycles. The van der Waals surface area contributed by atoms with Crippen LogP contribution in [0.2, 0.25) is 0 Å². The SMILES string of the molecule is COc1cc(CN2C[C@@H]3CC[C@H](C2)N(CC2CCC2)C3=O)cc2c1OCO2. The molecule has 6 nitrogen and oxygen atoms in total. The van der Waals surface area contributed by atoms with Crippen molar-refractivity contribution in [3.63, 3.8) is 0 Å². The van der Waals surface area contributed by atoms with Crippen LogP contribution in [0.4, 0.5) is 0 Å². The summed E-state index contributed by atoms with van der Waals surface area (Å²) in [5, 5.41) is 0. The molecule has 6 heteroatoms. The van der Waals surface area contributed by atoms with Crippen LogP contribution in [0.15, 0.2) is 12.1 Å². The van der Waals surface area contributed by atoms with Gasteiger partial charge in [-0.1, -0.05) is 6.42 Å². The van der Waals surface area contributed by atoms with Crippen molar-refractivity contribution < 1.29 is 19.0 Å². The van der Waals surface area contributed by atoms with E-state index in [0.29, 0.717) is 17.7 Å². The molecule has 1 amide bonds. The van der Waals surface area contributed by atoms with E-state index < -0.39 is 0 Å². The largest absolute Gasteiger partial charge is 0.493 e. The lowest BCUT2D eigenvalue weighted by molar-refractivity contribution is -0.141. The fourth-order valence-corrected chi connectivity index (χ4v) is 4.99. The number of hydrogen-bond acceptors (Lipinski definition) is 5. The van der Waals surface area contributed by atoms with Gasteiger partial charge in [0.05, 0.1) is 13.0 Å². The molecular weight excluding hydrogens is 344 g/mol. The fraction of sp³-hybridized carbons (Fsp3) is 0.667. The van der Waals surface area contributed by atoms with Crippen molar-refractivity contribution in [3.8, 4) is 17.2 Å². The number of amides is 1. The molecule has 3 saturated heterocycles. The summed E-state index contributed by atoms with van der Waals surface area (Å²) in [6, 6.07) is 4.45. The molecule has 6 rings (SSSR count). The van der Waals surface area contributed by atoms with Gasteiger partial charge in [-0.15, -0.1) is 0 Å². The van der Waals surface area contributed by atoms with Gasteiger partial charge in [0.15, 0.2) is 11.5 Å². The zero-order chi connectivity index (χ0) is 18.4. The highest BCUT2D eigenvalue weighted by molar-refractivity contribution is 5.80. The number of nitrogens with zero attached hydrogens (tertiary/aromatic N) is 2. The third-order valence-corrected chi connectivity index (χ3v) is 6.67.